The summed E-state index contributed by atoms with van der Waals surface area (Å²) in [5, 5.41) is 17.8. The number of hydrogen-bond donors (Lipinski definition) is 2. The molecule has 18 heavy (non-hydrogen) atoms. The molecule has 0 saturated carbocycles. The Kier molecular flexibility index (Phi) is 7.54. The fraction of sp³-hybridized carbons (Fsp3) is 0.833. The predicted molar refractivity (Wildman–Crippen MR) is 64.3 cm³/mol. The van der Waals surface area contributed by atoms with Crippen LogP contribution >= 0.6 is 0 Å². The monoisotopic (exact) mass is 262 g/mol. The lowest BCUT2D eigenvalue weighted by Gasteiger charge is -2.34. The summed E-state index contributed by atoms with van der Waals surface area (Å²) in [6.07, 6.45) is 0.429. The summed E-state index contributed by atoms with van der Waals surface area (Å²) in [5.41, 5.74) is 0. The second kappa shape index (κ2) is 8.05. The minimum absolute atomic E-state index is 0.0574. The van der Waals surface area contributed by atoms with E-state index < -0.39 is 23.6 Å². The molecule has 6 nitrogen and oxygen atoms in total. The molecule has 0 amide bonds. The molecule has 0 aromatic rings. The van der Waals surface area contributed by atoms with Crippen LogP contribution in [0.2, 0.25) is 0 Å². The number of ether oxygens (including phenoxy) is 2. The lowest BCUT2D eigenvalue weighted by molar-refractivity contribution is -0.253. The highest BCUT2D eigenvalue weighted by molar-refractivity contribution is 5.71. The van der Waals surface area contributed by atoms with Crippen LogP contribution < -0.4 is 0 Å². The van der Waals surface area contributed by atoms with E-state index in [9.17, 15) is 14.7 Å². The molecule has 0 aromatic heterocycles. The Balaban J connectivity index is 4.70. The summed E-state index contributed by atoms with van der Waals surface area (Å²) in [6, 6.07) is 0. The van der Waals surface area contributed by atoms with Crippen molar-refractivity contribution in [1.82, 2.24) is 0 Å². The molecule has 0 aliphatic carbocycles. The summed E-state index contributed by atoms with van der Waals surface area (Å²) in [6.45, 7) is 5.76. The maximum atomic E-state index is 11.3. The van der Waals surface area contributed by atoms with Crippen molar-refractivity contribution in [3.63, 3.8) is 0 Å². The third-order valence-electron chi connectivity index (χ3n) is 2.68. The Morgan fingerprint density at radius 2 is 1.67 bits per heavy atom. The van der Waals surface area contributed by atoms with Crippen LogP contribution in [0.1, 0.15) is 40.0 Å². The van der Waals surface area contributed by atoms with Crippen molar-refractivity contribution in [2.45, 2.75) is 45.8 Å². The zero-order valence-electron chi connectivity index (χ0n) is 11.1. The first-order valence-corrected chi connectivity index (χ1v) is 6.09. The van der Waals surface area contributed by atoms with Crippen LogP contribution in [0, 0.1) is 5.92 Å². The zero-order valence-corrected chi connectivity index (χ0v) is 11.1. The Morgan fingerprint density at radius 1 is 1.17 bits per heavy atom. The fourth-order valence-corrected chi connectivity index (χ4v) is 1.88. The van der Waals surface area contributed by atoms with Crippen LogP contribution in [-0.4, -0.2) is 41.2 Å². The van der Waals surface area contributed by atoms with Gasteiger partial charge in [0.05, 0.1) is 0 Å². The summed E-state index contributed by atoms with van der Waals surface area (Å²) in [5.74, 6) is -4.07. The maximum absolute atomic E-state index is 11.3. The molecule has 6 heteroatoms. The second-order valence-corrected chi connectivity index (χ2v) is 4.06. The highest BCUT2D eigenvalue weighted by Gasteiger charge is 2.40. The molecule has 0 aliphatic rings. The van der Waals surface area contributed by atoms with Crippen LogP contribution in [0.15, 0.2) is 0 Å². The van der Waals surface area contributed by atoms with Crippen molar-refractivity contribution in [2.75, 3.05) is 13.2 Å². The molecule has 1 unspecified atom stereocenters. The minimum Gasteiger partial charge on any atom is -0.481 e. The van der Waals surface area contributed by atoms with Gasteiger partial charge in [0.25, 0.3) is 0 Å². The molecule has 0 saturated heterocycles. The van der Waals surface area contributed by atoms with Gasteiger partial charge in [0.1, 0.15) is 5.92 Å². The van der Waals surface area contributed by atoms with Gasteiger partial charge in [0, 0.05) is 19.6 Å². The maximum Gasteiger partial charge on any atom is 0.311 e. The molecule has 1 atom stereocenters. The van der Waals surface area contributed by atoms with E-state index in [1.54, 1.807) is 20.8 Å². The molecule has 0 heterocycles. The molecule has 0 aromatic carbocycles. The number of carboxylic acid groups (broad SMARTS) is 2. The van der Waals surface area contributed by atoms with Crippen LogP contribution in [0.25, 0.3) is 0 Å². The van der Waals surface area contributed by atoms with Crippen molar-refractivity contribution in [2.24, 2.45) is 5.92 Å². The summed E-state index contributed by atoms with van der Waals surface area (Å²) >= 11 is 0. The van der Waals surface area contributed by atoms with E-state index >= 15 is 0 Å². The lowest BCUT2D eigenvalue weighted by atomic mass is 9.93. The van der Waals surface area contributed by atoms with Crippen LogP contribution in [0.3, 0.4) is 0 Å². The van der Waals surface area contributed by atoms with E-state index in [0.717, 1.165) is 0 Å². The standard InChI is InChI=1S/C12H22O6/c1-4-17-12(3,18-5-2)9(11(15)16)7-6-8-10(13)14/h9H,4-8H2,1-3H3,(H,13,14)(H,15,16). The summed E-state index contributed by atoms with van der Waals surface area (Å²) < 4.78 is 10.8. The van der Waals surface area contributed by atoms with Gasteiger partial charge in [-0.15, -0.1) is 0 Å². The Bertz CT molecular complexity index is 270. The van der Waals surface area contributed by atoms with Crippen molar-refractivity contribution < 1.29 is 29.3 Å². The van der Waals surface area contributed by atoms with Crippen LogP contribution in [-0.2, 0) is 19.1 Å². The molecule has 2 N–H and O–H groups in total. The SMILES string of the molecule is CCOC(C)(OCC)C(CCCC(=O)O)C(=O)O. The van der Waals surface area contributed by atoms with E-state index in [4.69, 9.17) is 14.6 Å². The van der Waals surface area contributed by atoms with E-state index in [1.807, 2.05) is 0 Å². The number of rotatable bonds is 10. The fourth-order valence-electron chi connectivity index (χ4n) is 1.88. The molecule has 106 valence electrons. The molecule has 0 rings (SSSR count). The number of hydrogen-bond acceptors (Lipinski definition) is 4. The molecule has 0 radical (unpaired) electrons. The Labute approximate surface area is 107 Å². The first-order chi connectivity index (χ1) is 8.37. The Morgan fingerprint density at radius 3 is 2.00 bits per heavy atom. The molecule has 0 aliphatic heterocycles. The van der Waals surface area contributed by atoms with Gasteiger partial charge < -0.3 is 19.7 Å². The van der Waals surface area contributed by atoms with Gasteiger partial charge in [-0.1, -0.05) is 0 Å². The first kappa shape index (κ1) is 16.9. The van der Waals surface area contributed by atoms with Crippen LogP contribution in [0.5, 0.6) is 0 Å². The van der Waals surface area contributed by atoms with Gasteiger partial charge >= 0.3 is 11.9 Å². The Hall–Kier alpha value is -1.14. The van der Waals surface area contributed by atoms with Gasteiger partial charge in [-0.3, -0.25) is 9.59 Å². The predicted octanol–water partition coefficient (Wildman–Crippen LogP) is 1.73. The minimum atomic E-state index is -1.21. The lowest BCUT2D eigenvalue weighted by Crippen LogP contribution is -2.45. The van der Waals surface area contributed by atoms with Crippen molar-refractivity contribution in [3.05, 3.63) is 0 Å². The number of aliphatic carboxylic acids is 2. The average molecular weight is 262 g/mol. The highest BCUT2D eigenvalue weighted by Crippen LogP contribution is 2.28. The van der Waals surface area contributed by atoms with Gasteiger partial charge in [-0.25, -0.2) is 0 Å². The quantitative estimate of drug-likeness (QED) is 0.582. The third kappa shape index (κ3) is 5.46. The summed E-state index contributed by atoms with van der Waals surface area (Å²) in [7, 11) is 0. The molecule has 0 fully saturated rings. The first-order valence-electron chi connectivity index (χ1n) is 6.09. The highest BCUT2D eigenvalue weighted by atomic mass is 16.7. The van der Waals surface area contributed by atoms with E-state index in [2.05, 4.69) is 0 Å². The van der Waals surface area contributed by atoms with Crippen molar-refractivity contribution >= 4 is 11.9 Å². The topological polar surface area (TPSA) is 93.1 Å². The summed E-state index contributed by atoms with van der Waals surface area (Å²) in [4.78, 5) is 21.7. The molecule has 0 spiro atoms. The normalized spacial score (nSPS) is 13.3. The molecular weight excluding hydrogens is 240 g/mol. The number of carbonyl (C=O) groups is 2. The van der Waals surface area contributed by atoms with Crippen molar-refractivity contribution in [1.29, 1.82) is 0 Å². The molecular formula is C12H22O6. The third-order valence-corrected chi connectivity index (χ3v) is 2.68. The van der Waals surface area contributed by atoms with Gasteiger partial charge in [0.2, 0.25) is 0 Å². The van der Waals surface area contributed by atoms with Gasteiger partial charge in [-0.2, -0.15) is 0 Å². The largest absolute Gasteiger partial charge is 0.481 e. The second-order valence-electron chi connectivity index (χ2n) is 4.06. The zero-order chi connectivity index (χ0) is 14.2. The van der Waals surface area contributed by atoms with Gasteiger partial charge in [-0.05, 0) is 33.6 Å². The van der Waals surface area contributed by atoms with Gasteiger partial charge in [0.15, 0.2) is 5.79 Å². The van der Waals surface area contributed by atoms with Crippen LogP contribution in [0.4, 0.5) is 0 Å². The smallest absolute Gasteiger partial charge is 0.311 e. The molecule has 0 bridgehead atoms. The van der Waals surface area contributed by atoms with E-state index in [-0.39, 0.29) is 19.3 Å². The average Bonchev–Trinajstić information content (AvgIpc) is 2.23. The van der Waals surface area contributed by atoms with Crippen molar-refractivity contribution in [3.8, 4) is 0 Å². The van der Waals surface area contributed by atoms with E-state index in [0.29, 0.717) is 13.2 Å². The van der Waals surface area contributed by atoms with E-state index in [1.165, 1.54) is 0 Å². The number of carboxylic acids is 2.